The Kier molecular flexibility index (Phi) is 6.86. The van der Waals surface area contributed by atoms with E-state index < -0.39 is 34.6 Å². The Morgan fingerprint density at radius 2 is 1.77 bits per heavy atom. The van der Waals surface area contributed by atoms with Gasteiger partial charge in [-0.25, -0.2) is 9.18 Å². The molecule has 2 N–H and O–H groups in total. The number of aromatic nitrogens is 1. The lowest BCUT2D eigenvalue weighted by Crippen LogP contribution is -2.56. The van der Waals surface area contributed by atoms with Crippen LogP contribution in [0.15, 0.2) is 48.7 Å². The molecule has 40 heavy (non-hydrogen) atoms. The van der Waals surface area contributed by atoms with Crippen LogP contribution < -0.4 is 10.2 Å². The molecule has 2 saturated heterocycles. The summed E-state index contributed by atoms with van der Waals surface area (Å²) >= 11 is 0. The van der Waals surface area contributed by atoms with Gasteiger partial charge in [-0.3, -0.25) is 24.9 Å². The number of carbonyl (C=O) groups is 2. The second kappa shape index (κ2) is 9.81. The van der Waals surface area contributed by atoms with Crippen molar-refractivity contribution in [2.45, 2.75) is 51.4 Å². The van der Waals surface area contributed by atoms with Crippen LogP contribution in [0.4, 0.5) is 28.0 Å². The molecule has 2 fully saturated rings. The number of hydrogen-bond acceptors (Lipinski definition) is 5. The normalized spacial score (nSPS) is 22.9. The third-order valence-corrected chi connectivity index (χ3v) is 8.34. The van der Waals surface area contributed by atoms with Crippen LogP contribution in [-0.2, 0) is 16.6 Å². The van der Waals surface area contributed by atoms with Crippen LogP contribution >= 0.6 is 0 Å². The van der Waals surface area contributed by atoms with E-state index in [1.54, 1.807) is 6.07 Å². The van der Waals surface area contributed by atoms with Crippen molar-refractivity contribution in [3.8, 4) is 0 Å². The first-order valence-electron chi connectivity index (χ1n) is 13.0. The molecule has 0 aliphatic carbocycles. The fraction of sp³-hybridized carbons (Fsp3) is 0.414. The number of piperidine rings is 1. The number of hydrogen-bond donors (Lipinski definition) is 2. The number of alkyl halides is 3. The van der Waals surface area contributed by atoms with Gasteiger partial charge in [0, 0.05) is 48.5 Å². The average molecular weight is 559 g/mol. The van der Waals surface area contributed by atoms with Crippen LogP contribution in [0.2, 0.25) is 0 Å². The quantitative estimate of drug-likeness (QED) is 0.412. The van der Waals surface area contributed by atoms with E-state index in [0.717, 1.165) is 12.1 Å². The molecule has 2 aliphatic heterocycles. The molecular weight excluding hydrogens is 528 g/mol. The number of amides is 3. The van der Waals surface area contributed by atoms with Crippen LogP contribution in [0.1, 0.15) is 56.3 Å². The average Bonchev–Trinajstić information content (AvgIpc) is 2.89. The molecular formula is C29H30F4N4O3. The van der Waals surface area contributed by atoms with Crippen LogP contribution in [0.3, 0.4) is 0 Å². The summed E-state index contributed by atoms with van der Waals surface area (Å²) in [5.74, 6) is -1.02. The van der Waals surface area contributed by atoms with E-state index in [-0.39, 0.29) is 42.3 Å². The van der Waals surface area contributed by atoms with E-state index in [4.69, 9.17) is 0 Å². The van der Waals surface area contributed by atoms with Crippen LogP contribution in [0.25, 0.3) is 10.9 Å². The van der Waals surface area contributed by atoms with Gasteiger partial charge in [0.2, 0.25) is 5.91 Å². The van der Waals surface area contributed by atoms with E-state index in [1.165, 1.54) is 35.4 Å². The van der Waals surface area contributed by atoms with E-state index in [9.17, 15) is 27.9 Å². The van der Waals surface area contributed by atoms with Crippen molar-refractivity contribution in [2.24, 2.45) is 5.41 Å². The summed E-state index contributed by atoms with van der Waals surface area (Å²) in [5, 5.41) is 14.4. The van der Waals surface area contributed by atoms with Gasteiger partial charge in [-0.2, -0.15) is 13.2 Å². The minimum atomic E-state index is -4.41. The second-order valence-corrected chi connectivity index (χ2v) is 11.2. The van der Waals surface area contributed by atoms with Crippen molar-refractivity contribution in [1.82, 2.24) is 15.2 Å². The summed E-state index contributed by atoms with van der Waals surface area (Å²) in [6.45, 7) is 6.47. The van der Waals surface area contributed by atoms with Gasteiger partial charge in [-0.05, 0) is 43.2 Å². The molecule has 0 bridgehead atoms. The molecule has 0 saturated carbocycles. The first-order valence-corrected chi connectivity index (χ1v) is 13.0. The number of pyridine rings is 1. The number of carbonyl (C=O) groups excluding carboxylic acids is 2. The molecule has 2 aromatic carbocycles. The third kappa shape index (κ3) is 4.81. The van der Waals surface area contributed by atoms with E-state index in [0.29, 0.717) is 29.9 Å². The van der Waals surface area contributed by atoms with E-state index >= 15 is 4.39 Å². The monoisotopic (exact) mass is 558 g/mol. The highest BCUT2D eigenvalue weighted by Gasteiger charge is 2.51. The molecule has 3 heterocycles. The zero-order valence-electron chi connectivity index (χ0n) is 22.3. The Labute approximate surface area is 228 Å². The molecule has 0 spiro atoms. The maximum absolute atomic E-state index is 16.1. The molecule has 2 atom stereocenters. The Morgan fingerprint density at radius 1 is 1.07 bits per heavy atom. The maximum Gasteiger partial charge on any atom is 0.416 e. The molecule has 5 rings (SSSR count). The van der Waals surface area contributed by atoms with Crippen LogP contribution in [0.5, 0.6) is 0 Å². The topological polar surface area (TPSA) is 85.8 Å². The molecule has 212 valence electrons. The highest BCUT2D eigenvalue weighted by molar-refractivity contribution is 6.06. The smallest absolute Gasteiger partial charge is 0.384 e. The predicted molar refractivity (Wildman–Crippen MR) is 141 cm³/mol. The first kappa shape index (κ1) is 28.0. The fourth-order valence-corrected chi connectivity index (χ4v) is 5.78. The van der Waals surface area contributed by atoms with Gasteiger partial charge < -0.3 is 5.11 Å². The summed E-state index contributed by atoms with van der Waals surface area (Å²) in [7, 11) is 0. The molecule has 1 aromatic heterocycles. The van der Waals surface area contributed by atoms with Gasteiger partial charge in [-0.1, -0.05) is 32.0 Å². The highest BCUT2D eigenvalue weighted by atomic mass is 19.4. The Balaban J connectivity index is 1.42. The number of anilines is 1. The Morgan fingerprint density at radius 3 is 2.40 bits per heavy atom. The number of fused-ring (bicyclic) bond motifs is 1. The second-order valence-electron chi connectivity index (χ2n) is 11.2. The van der Waals surface area contributed by atoms with Gasteiger partial charge >= 0.3 is 12.2 Å². The van der Waals surface area contributed by atoms with Gasteiger partial charge in [0.25, 0.3) is 0 Å². The maximum atomic E-state index is 16.1. The molecule has 2 aliphatic rings. The minimum Gasteiger partial charge on any atom is -0.384 e. The van der Waals surface area contributed by atoms with Crippen molar-refractivity contribution in [2.75, 3.05) is 24.5 Å². The lowest BCUT2D eigenvalue weighted by atomic mass is 9.66. The molecule has 0 radical (unpaired) electrons. The minimum absolute atomic E-state index is 0.113. The largest absolute Gasteiger partial charge is 0.416 e. The molecule has 7 nitrogen and oxygen atoms in total. The van der Waals surface area contributed by atoms with Crippen LogP contribution in [0, 0.1) is 11.2 Å². The number of aliphatic hydroxyl groups is 1. The Bertz CT molecular complexity index is 1470. The van der Waals surface area contributed by atoms with E-state index in [2.05, 4.69) is 15.2 Å². The van der Waals surface area contributed by atoms with Crippen LogP contribution in [-0.4, -0.2) is 46.6 Å². The number of halogens is 4. The van der Waals surface area contributed by atoms with Gasteiger partial charge in [0.05, 0.1) is 28.6 Å². The lowest BCUT2D eigenvalue weighted by Gasteiger charge is -2.52. The number of nitrogens with one attached hydrogen (secondary N) is 1. The van der Waals surface area contributed by atoms with Crippen molar-refractivity contribution < 1.29 is 32.3 Å². The third-order valence-electron chi connectivity index (χ3n) is 8.34. The van der Waals surface area contributed by atoms with Gasteiger partial charge in [0.1, 0.15) is 5.82 Å². The SMILES string of the molecule is CC(c1ccc(C(F)(F)F)cc1)N1CC[C@](O)(c2ccc3ncc(N4CCC(=O)NC4=O)cc3c2F)C(C)(C)C1. The highest BCUT2D eigenvalue weighted by Crippen LogP contribution is 2.49. The number of imide groups is 1. The summed E-state index contributed by atoms with van der Waals surface area (Å²) in [6, 6.07) is 8.89. The summed E-state index contributed by atoms with van der Waals surface area (Å²) in [6.07, 6.45) is -2.67. The van der Waals surface area contributed by atoms with Gasteiger partial charge in [0.15, 0.2) is 0 Å². The summed E-state index contributed by atoms with van der Waals surface area (Å²) < 4.78 is 55.1. The van der Waals surface area contributed by atoms with E-state index in [1.807, 2.05) is 20.8 Å². The lowest BCUT2D eigenvalue weighted by molar-refractivity contribution is -0.137. The van der Waals surface area contributed by atoms with Crippen molar-refractivity contribution in [1.29, 1.82) is 0 Å². The predicted octanol–water partition coefficient (Wildman–Crippen LogP) is 5.52. The zero-order valence-corrected chi connectivity index (χ0v) is 22.3. The zero-order chi connectivity index (χ0) is 29.0. The summed E-state index contributed by atoms with van der Waals surface area (Å²) in [4.78, 5) is 31.5. The first-order chi connectivity index (χ1) is 18.7. The van der Waals surface area contributed by atoms with Crippen molar-refractivity contribution in [3.05, 3.63) is 71.2 Å². The number of rotatable bonds is 4. The summed E-state index contributed by atoms with van der Waals surface area (Å²) in [5.41, 5.74) is -1.58. The van der Waals surface area contributed by atoms with Crippen molar-refractivity contribution in [3.63, 3.8) is 0 Å². The number of urea groups is 1. The van der Waals surface area contributed by atoms with Gasteiger partial charge in [-0.15, -0.1) is 0 Å². The molecule has 11 heteroatoms. The number of benzene rings is 2. The molecule has 1 unspecified atom stereocenters. The molecule has 3 aromatic rings. The fourth-order valence-electron chi connectivity index (χ4n) is 5.78. The number of likely N-dealkylation sites (tertiary alicyclic amines) is 1. The molecule has 3 amide bonds. The standard InChI is InChI=1S/C29H30F4N4O3/c1-17(18-4-6-19(7-5-18)29(31,32)33)36-13-11-28(40,27(2,3)16-36)22-8-9-23-21(25(22)30)14-20(15-34-23)37-12-10-24(38)35-26(37)39/h4-9,14-15,17,40H,10-13,16H2,1-3H3,(H,35,38,39)/t17?,28-/m0/s1. The van der Waals surface area contributed by atoms with Crippen molar-refractivity contribution >= 4 is 28.5 Å². The number of nitrogens with zero attached hydrogens (tertiary/aromatic N) is 3. The Hall–Kier alpha value is -3.57.